The number of hydrogen-bond donors (Lipinski definition) is 1. The molecule has 0 aliphatic rings. The molecule has 0 aromatic carbocycles. The summed E-state index contributed by atoms with van der Waals surface area (Å²) >= 11 is 0. The van der Waals surface area contributed by atoms with E-state index in [1.165, 1.54) is 7.11 Å². The van der Waals surface area contributed by atoms with Crippen LogP contribution in [-0.4, -0.2) is 34.3 Å². The van der Waals surface area contributed by atoms with Crippen LogP contribution in [0.25, 0.3) is 0 Å². The van der Waals surface area contributed by atoms with E-state index in [0.717, 1.165) is 11.4 Å². The number of aryl methyl sites for hydroxylation is 2. The molecule has 1 heterocycles. The Bertz CT molecular complexity index is 406. The highest BCUT2D eigenvalue weighted by Gasteiger charge is 2.23. The van der Waals surface area contributed by atoms with Gasteiger partial charge in [0.1, 0.15) is 6.04 Å². The van der Waals surface area contributed by atoms with Gasteiger partial charge in [-0.05, 0) is 19.8 Å². The Balaban J connectivity index is 2.86. The van der Waals surface area contributed by atoms with Crippen molar-refractivity contribution in [3.63, 3.8) is 0 Å². The maximum atomic E-state index is 11.5. The number of nitrogens with one attached hydrogen (secondary N) is 1. The van der Waals surface area contributed by atoms with Gasteiger partial charge in [0.05, 0.1) is 18.5 Å². The van der Waals surface area contributed by atoms with Crippen molar-refractivity contribution in [2.45, 2.75) is 33.7 Å². The quantitative estimate of drug-likeness (QED) is 0.791. The molecule has 0 aliphatic carbocycles. The van der Waals surface area contributed by atoms with E-state index in [-0.39, 0.29) is 11.9 Å². The second kappa shape index (κ2) is 5.56. The van der Waals surface area contributed by atoms with Crippen molar-refractivity contribution >= 4 is 11.9 Å². The van der Waals surface area contributed by atoms with Crippen molar-refractivity contribution in [3.8, 4) is 0 Å². The first kappa shape index (κ1) is 13.3. The molecule has 1 aromatic heterocycles. The highest BCUT2D eigenvalue weighted by atomic mass is 16.5. The van der Waals surface area contributed by atoms with Gasteiger partial charge >= 0.3 is 5.97 Å². The fraction of sp³-hybridized carbons (Fsp3) is 0.636. The number of methoxy groups -OCH3 is 1. The first-order chi connectivity index (χ1) is 7.95. The van der Waals surface area contributed by atoms with Crippen LogP contribution in [0.5, 0.6) is 0 Å². The van der Waals surface area contributed by atoms with E-state index >= 15 is 0 Å². The lowest BCUT2D eigenvalue weighted by atomic mass is 10.1. The SMILES string of the molecule is COC(=O)C(Nc1nnc(C)c(C)n1)C(C)C. The monoisotopic (exact) mass is 238 g/mol. The third-order valence-electron chi connectivity index (χ3n) is 2.50. The molecule has 6 nitrogen and oxygen atoms in total. The molecule has 17 heavy (non-hydrogen) atoms. The van der Waals surface area contributed by atoms with E-state index in [4.69, 9.17) is 4.74 Å². The summed E-state index contributed by atoms with van der Waals surface area (Å²) in [6, 6.07) is -0.469. The van der Waals surface area contributed by atoms with Crippen LogP contribution in [0.15, 0.2) is 0 Å². The molecule has 0 aliphatic heterocycles. The number of carbonyl (C=O) groups excluding carboxylic acids is 1. The van der Waals surface area contributed by atoms with E-state index in [9.17, 15) is 4.79 Å². The summed E-state index contributed by atoms with van der Waals surface area (Å²) in [5, 5.41) is 10.8. The molecule has 0 radical (unpaired) electrons. The first-order valence-corrected chi connectivity index (χ1v) is 5.48. The summed E-state index contributed by atoms with van der Waals surface area (Å²) in [5.41, 5.74) is 1.56. The fourth-order valence-corrected chi connectivity index (χ4v) is 1.28. The van der Waals surface area contributed by atoms with Gasteiger partial charge in [0.2, 0.25) is 5.95 Å². The topological polar surface area (TPSA) is 77.0 Å². The number of nitrogens with zero attached hydrogens (tertiary/aromatic N) is 3. The van der Waals surface area contributed by atoms with Gasteiger partial charge in [-0.1, -0.05) is 13.8 Å². The lowest BCUT2D eigenvalue weighted by Gasteiger charge is -2.19. The maximum absolute atomic E-state index is 11.5. The zero-order valence-corrected chi connectivity index (χ0v) is 10.8. The molecular weight excluding hydrogens is 220 g/mol. The zero-order chi connectivity index (χ0) is 13.0. The minimum absolute atomic E-state index is 0.0765. The highest BCUT2D eigenvalue weighted by molar-refractivity contribution is 5.78. The number of rotatable bonds is 4. The third kappa shape index (κ3) is 3.37. The van der Waals surface area contributed by atoms with Crippen molar-refractivity contribution in [3.05, 3.63) is 11.4 Å². The molecule has 1 aromatic rings. The number of esters is 1. The van der Waals surface area contributed by atoms with Gasteiger partial charge < -0.3 is 10.1 Å². The average molecular weight is 238 g/mol. The smallest absolute Gasteiger partial charge is 0.328 e. The molecule has 0 saturated carbocycles. The minimum Gasteiger partial charge on any atom is -0.467 e. The molecule has 1 rings (SSSR count). The number of carbonyl (C=O) groups is 1. The summed E-state index contributed by atoms with van der Waals surface area (Å²) in [4.78, 5) is 15.8. The molecule has 0 saturated heterocycles. The molecule has 0 bridgehead atoms. The Morgan fingerprint density at radius 2 is 1.88 bits per heavy atom. The molecule has 1 N–H and O–H groups in total. The molecule has 0 spiro atoms. The Labute approximate surface area is 101 Å². The van der Waals surface area contributed by atoms with Gasteiger partial charge in [-0.2, -0.15) is 5.10 Å². The standard InChI is InChI=1S/C11H18N4O2/c1-6(2)9(10(16)17-5)13-11-12-7(3)8(4)14-15-11/h6,9H,1-5H3,(H,12,13,15). The van der Waals surface area contributed by atoms with E-state index in [0.29, 0.717) is 5.95 Å². The summed E-state index contributed by atoms with van der Waals surface area (Å²) in [6.07, 6.45) is 0. The Hall–Kier alpha value is -1.72. The number of ether oxygens (including phenoxy) is 1. The van der Waals surface area contributed by atoms with E-state index < -0.39 is 6.04 Å². The van der Waals surface area contributed by atoms with E-state index in [1.54, 1.807) is 0 Å². The van der Waals surface area contributed by atoms with E-state index in [1.807, 2.05) is 27.7 Å². The zero-order valence-electron chi connectivity index (χ0n) is 10.8. The van der Waals surface area contributed by atoms with Gasteiger partial charge in [0, 0.05) is 0 Å². The lowest BCUT2D eigenvalue weighted by molar-refractivity contribution is -0.142. The molecule has 0 fully saturated rings. The largest absolute Gasteiger partial charge is 0.467 e. The second-order valence-corrected chi connectivity index (χ2v) is 4.20. The van der Waals surface area contributed by atoms with Crippen LogP contribution < -0.4 is 5.32 Å². The van der Waals surface area contributed by atoms with Crippen molar-refractivity contribution in [1.29, 1.82) is 0 Å². The number of aromatic nitrogens is 3. The van der Waals surface area contributed by atoms with Crippen molar-refractivity contribution in [2.24, 2.45) is 5.92 Å². The summed E-state index contributed by atoms with van der Waals surface area (Å²) in [7, 11) is 1.36. The lowest BCUT2D eigenvalue weighted by Crippen LogP contribution is -2.36. The van der Waals surface area contributed by atoms with Gasteiger partial charge in [-0.15, -0.1) is 5.10 Å². The number of anilines is 1. The first-order valence-electron chi connectivity index (χ1n) is 5.48. The molecule has 6 heteroatoms. The van der Waals surface area contributed by atoms with Crippen LogP contribution >= 0.6 is 0 Å². The summed E-state index contributed by atoms with van der Waals surface area (Å²) in [6.45, 7) is 7.52. The van der Waals surface area contributed by atoms with Crippen LogP contribution in [0.3, 0.4) is 0 Å². The number of hydrogen-bond acceptors (Lipinski definition) is 6. The Morgan fingerprint density at radius 1 is 1.24 bits per heavy atom. The minimum atomic E-state index is -0.469. The van der Waals surface area contributed by atoms with Crippen LogP contribution in [0, 0.1) is 19.8 Å². The fourth-order valence-electron chi connectivity index (χ4n) is 1.28. The van der Waals surface area contributed by atoms with Crippen molar-refractivity contribution < 1.29 is 9.53 Å². The molecule has 94 valence electrons. The van der Waals surface area contributed by atoms with Crippen molar-refractivity contribution in [1.82, 2.24) is 15.2 Å². The van der Waals surface area contributed by atoms with Gasteiger partial charge in [0.15, 0.2) is 0 Å². The predicted molar refractivity (Wildman–Crippen MR) is 63.6 cm³/mol. The maximum Gasteiger partial charge on any atom is 0.328 e. The molecule has 1 atom stereocenters. The third-order valence-corrected chi connectivity index (χ3v) is 2.50. The van der Waals surface area contributed by atoms with E-state index in [2.05, 4.69) is 20.5 Å². The van der Waals surface area contributed by atoms with Crippen LogP contribution in [0.1, 0.15) is 25.2 Å². The average Bonchev–Trinajstić information content (AvgIpc) is 2.29. The predicted octanol–water partition coefficient (Wildman–Crippen LogP) is 1.10. The van der Waals surface area contributed by atoms with Gasteiger partial charge in [0.25, 0.3) is 0 Å². The second-order valence-electron chi connectivity index (χ2n) is 4.20. The summed E-state index contributed by atoms with van der Waals surface area (Å²) < 4.78 is 4.72. The van der Waals surface area contributed by atoms with Gasteiger partial charge in [-0.25, -0.2) is 9.78 Å². The molecule has 0 amide bonds. The molecule has 1 unspecified atom stereocenters. The molecular formula is C11H18N4O2. The normalized spacial score (nSPS) is 12.4. The van der Waals surface area contributed by atoms with Crippen molar-refractivity contribution in [2.75, 3.05) is 12.4 Å². The van der Waals surface area contributed by atoms with Gasteiger partial charge in [-0.3, -0.25) is 0 Å². The van der Waals surface area contributed by atoms with Crippen LogP contribution in [0.2, 0.25) is 0 Å². The Kier molecular flexibility index (Phi) is 4.37. The van der Waals surface area contributed by atoms with Crippen LogP contribution in [-0.2, 0) is 9.53 Å². The highest BCUT2D eigenvalue weighted by Crippen LogP contribution is 2.10. The van der Waals surface area contributed by atoms with Crippen LogP contribution in [0.4, 0.5) is 5.95 Å². The Morgan fingerprint density at radius 3 is 2.35 bits per heavy atom. The summed E-state index contributed by atoms with van der Waals surface area (Å²) in [5.74, 6) is 0.0895.